The standard InChI is InChI=1S/C26H15Cl2F6NO3/c1-12-7-16-21(11-19(12)28)38-24(37)17(23(16)13-3-2-4-14(8-13)25(29,30)31)10-22(36)35-20-6-5-15(27)9-18(20)26(32,33)34/h2-9,11H,10H2,1H3,(H,35,36). The van der Waals surface area contributed by atoms with E-state index in [0.29, 0.717) is 11.6 Å². The highest BCUT2D eigenvalue weighted by atomic mass is 35.5. The van der Waals surface area contributed by atoms with Crippen LogP contribution in [0.1, 0.15) is 22.3 Å². The third kappa shape index (κ3) is 5.66. The summed E-state index contributed by atoms with van der Waals surface area (Å²) >= 11 is 11.8. The Labute approximate surface area is 220 Å². The van der Waals surface area contributed by atoms with Crippen LogP contribution in [0.25, 0.3) is 22.1 Å². The highest BCUT2D eigenvalue weighted by molar-refractivity contribution is 6.32. The van der Waals surface area contributed by atoms with E-state index < -0.39 is 47.1 Å². The molecule has 3 aromatic carbocycles. The van der Waals surface area contributed by atoms with Crippen LogP contribution in [0, 0.1) is 6.92 Å². The molecule has 1 N–H and O–H groups in total. The van der Waals surface area contributed by atoms with E-state index in [1.165, 1.54) is 18.2 Å². The van der Waals surface area contributed by atoms with Crippen molar-refractivity contribution in [2.75, 3.05) is 5.32 Å². The van der Waals surface area contributed by atoms with Gasteiger partial charge in [0.25, 0.3) is 0 Å². The van der Waals surface area contributed by atoms with E-state index in [9.17, 15) is 35.9 Å². The molecule has 0 aliphatic carbocycles. The number of fused-ring (bicyclic) bond motifs is 1. The Morgan fingerprint density at radius 1 is 0.947 bits per heavy atom. The van der Waals surface area contributed by atoms with E-state index in [-0.39, 0.29) is 37.7 Å². The van der Waals surface area contributed by atoms with Crippen LogP contribution in [-0.2, 0) is 23.6 Å². The van der Waals surface area contributed by atoms with E-state index in [4.69, 9.17) is 27.6 Å². The van der Waals surface area contributed by atoms with Gasteiger partial charge in [0.15, 0.2) is 0 Å². The van der Waals surface area contributed by atoms with Crippen molar-refractivity contribution in [1.82, 2.24) is 0 Å². The van der Waals surface area contributed by atoms with Crippen molar-refractivity contribution in [3.8, 4) is 11.1 Å². The summed E-state index contributed by atoms with van der Waals surface area (Å²) in [6.07, 6.45) is -10.4. The van der Waals surface area contributed by atoms with Crippen molar-refractivity contribution < 1.29 is 35.6 Å². The lowest BCUT2D eigenvalue weighted by Gasteiger charge is -2.16. The number of anilines is 1. The van der Waals surface area contributed by atoms with Gasteiger partial charge in [-0.1, -0.05) is 35.3 Å². The van der Waals surface area contributed by atoms with Crippen LogP contribution >= 0.6 is 23.2 Å². The first-order chi connectivity index (χ1) is 17.6. The molecule has 0 spiro atoms. The minimum atomic E-state index is -4.85. The van der Waals surface area contributed by atoms with Crippen LogP contribution in [0.15, 0.2) is 63.8 Å². The Kier molecular flexibility index (Phi) is 7.24. The van der Waals surface area contributed by atoms with E-state index >= 15 is 0 Å². The molecule has 4 nitrogen and oxygen atoms in total. The molecule has 0 aliphatic rings. The predicted molar refractivity (Wildman–Crippen MR) is 131 cm³/mol. The second-order valence-electron chi connectivity index (χ2n) is 8.33. The molecule has 4 rings (SSSR count). The number of halogens is 8. The predicted octanol–water partition coefficient (Wildman–Crippen LogP) is 8.29. The number of nitrogens with one attached hydrogen (secondary N) is 1. The Morgan fingerprint density at radius 3 is 2.32 bits per heavy atom. The summed E-state index contributed by atoms with van der Waals surface area (Å²) < 4.78 is 86.0. The SMILES string of the molecule is Cc1cc2c(-c3cccc(C(F)(F)F)c3)c(CC(=O)Nc3ccc(Cl)cc3C(F)(F)F)c(=O)oc2cc1Cl. The maximum Gasteiger partial charge on any atom is 0.418 e. The lowest BCUT2D eigenvalue weighted by atomic mass is 9.93. The first kappa shape index (κ1) is 27.5. The molecule has 12 heteroatoms. The summed E-state index contributed by atoms with van der Waals surface area (Å²) in [6, 6.07) is 9.61. The van der Waals surface area contributed by atoms with Gasteiger partial charge in [-0.2, -0.15) is 26.3 Å². The number of hydrogen-bond acceptors (Lipinski definition) is 3. The zero-order chi connectivity index (χ0) is 28.0. The zero-order valence-electron chi connectivity index (χ0n) is 19.2. The number of carbonyl (C=O) groups is 1. The van der Waals surface area contributed by atoms with E-state index in [0.717, 1.165) is 30.3 Å². The second-order valence-corrected chi connectivity index (χ2v) is 9.18. The Hall–Kier alpha value is -3.50. The van der Waals surface area contributed by atoms with Gasteiger partial charge in [0, 0.05) is 27.1 Å². The molecule has 1 aromatic heterocycles. The molecule has 198 valence electrons. The first-order valence-electron chi connectivity index (χ1n) is 10.7. The highest BCUT2D eigenvalue weighted by Crippen LogP contribution is 2.38. The topological polar surface area (TPSA) is 59.3 Å². The van der Waals surface area contributed by atoms with Crippen molar-refractivity contribution in [2.24, 2.45) is 0 Å². The first-order valence-corrected chi connectivity index (χ1v) is 11.5. The molecule has 0 atom stereocenters. The average molecular weight is 574 g/mol. The summed E-state index contributed by atoms with van der Waals surface area (Å²) in [5, 5.41) is 2.30. The van der Waals surface area contributed by atoms with Crippen LogP contribution in [0.5, 0.6) is 0 Å². The monoisotopic (exact) mass is 573 g/mol. The van der Waals surface area contributed by atoms with Crippen molar-refractivity contribution in [3.05, 3.63) is 97.3 Å². The van der Waals surface area contributed by atoms with Gasteiger partial charge in [-0.3, -0.25) is 4.79 Å². The van der Waals surface area contributed by atoms with Crippen molar-refractivity contribution in [1.29, 1.82) is 0 Å². The summed E-state index contributed by atoms with van der Waals surface area (Å²) in [5.74, 6) is -1.04. The molecule has 0 saturated carbocycles. The number of aryl methyl sites for hydroxylation is 1. The van der Waals surface area contributed by atoms with Crippen LogP contribution in [-0.4, -0.2) is 5.91 Å². The summed E-state index contributed by atoms with van der Waals surface area (Å²) in [6.45, 7) is 1.62. The smallest absolute Gasteiger partial charge is 0.418 e. The molecule has 38 heavy (non-hydrogen) atoms. The Morgan fingerprint density at radius 2 is 1.66 bits per heavy atom. The quantitative estimate of drug-likeness (QED) is 0.197. The average Bonchev–Trinajstić information content (AvgIpc) is 2.81. The van der Waals surface area contributed by atoms with Crippen LogP contribution in [0.2, 0.25) is 10.0 Å². The Balaban J connectivity index is 1.87. The van der Waals surface area contributed by atoms with Crippen molar-refractivity contribution in [2.45, 2.75) is 25.7 Å². The molecule has 1 amide bonds. The molecule has 0 bridgehead atoms. The third-order valence-electron chi connectivity index (χ3n) is 5.66. The van der Waals surface area contributed by atoms with Crippen molar-refractivity contribution in [3.63, 3.8) is 0 Å². The molecular weight excluding hydrogens is 559 g/mol. The fourth-order valence-corrected chi connectivity index (χ4v) is 4.25. The maximum absolute atomic E-state index is 13.5. The van der Waals surface area contributed by atoms with Gasteiger partial charge in [0.1, 0.15) is 5.58 Å². The molecular formula is C26H15Cl2F6NO3. The number of hydrogen-bond donors (Lipinski definition) is 1. The van der Waals surface area contributed by atoms with Crippen LogP contribution < -0.4 is 10.9 Å². The lowest BCUT2D eigenvalue weighted by molar-refractivity contribution is -0.138. The normalized spacial score (nSPS) is 12.1. The largest absolute Gasteiger partial charge is 0.422 e. The zero-order valence-corrected chi connectivity index (χ0v) is 20.7. The minimum absolute atomic E-state index is 0.0376. The summed E-state index contributed by atoms with van der Waals surface area (Å²) in [4.78, 5) is 25.8. The van der Waals surface area contributed by atoms with Gasteiger partial charge < -0.3 is 9.73 Å². The molecule has 0 unspecified atom stereocenters. The number of rotatable bonds is 4. The molecule has 0 radical (unpaired) electrons. The molecule has 1 heterocycles. The summed E-state index contributed by atoms with van der Waals surface area (Å²) in [5.41, 5.74) is -3.87. The number of alkyl halides is 6. The summed E-state index contributed by atoms with van der Waals surface area (Å²) in [7, 11) is 0. The molecule has 4 aromatic rings. The number of benzene rings is 3. The van der Waals surface area contributed by atoms with E-state index in [1.807, 2.05) is 0 Å². The van der Waals surface area contributed by atoms with Gasteiger partial charge in [-0.25, -0.2) is 4.79 Å². The maximum atomic E-state index is 13.5. The fraction of sp³-hybridized carbons (Fsp3) is 0.154. The lowest BCUT2D eigenvalue weighted by Crippen LogP contribution is -2.22. The van der Waals surface area contributed by atoms with Crippen LogP contribution in [0.3, 0.4) is 0 Å². The molecule has 0 aliphatic heterocycles. The van der Waals surface area contributed by atoms with E-state index in [2.05, 4.69) is 5.32 Å². The third-order valence-corrected chi connectivity index (χ3v) is 6.30. The van der Waals surface area contributed by atoms with Gasteiger partial charge in [-0.05, 0) is 54.4 Å². The molecule has 0 saturated heterocycles. The minimum Gasteiger partial charge on any atom is -0.422 e. The van der Waals surface area contributed by atoms with Gasteiger partial charge in [-0.15, -0.1) is 0 Å². The van der Waals surface area contributed by atoms with Crippen molar-refractivity contribution >= 4 is 45.8 Å². The number of carbonyl (C=O) groups excluding carboxylic acids is 1. The Bertz CT molecular complexity index is 1630. The van der Waals surface area contributed by atoms with Crippen LogP contribution in [0.4, 0.5) is 32.0 Å². The van der Waals surface area contributed by atoms with E-state index in [1.54, 1.807) is 6.92 Å². The van der Waals surface area contributed by atoms with Gasteiger partial charge >= 0.3 is 18.0 Å². The van der Waals surface area contributed by atoms with Gasteiger partial charge in [0.05, 0.1) is 28.8 Å². The second kappa shape index (κ2) is 9.99. The fourth-order valence-electron chi connectivity index (χ4n) is 3.93. The number of amides is 1. The van der Waals surface area contributed by atoms with Gasteiger partial charge in [0.2, 0.25) is 5.91 Å². The highest BCUT2D eigenvalue weighted by Gasteiger charge is 2.35. The molecule has 0 fully saturated rings.